The number of nitrogens with one attached hydrogen (secondary N) is 1. The van der Waals surface area contributed by atoms with E-state index in [0.717, 1.165) is 28.7 Å². The molecule has 1 atom stereocenters. The second kappa shape index (κ2) is 8.36. The van der Waals surface area contributed by atoms with E-state index in [1.807, 2.05) is 43.3 Å². The maximum atomic E-state index is 12.1. The quantitative estimate of drug-likeness (QED) is 0.777. The van der Waals surface area contributed by atoms with Gasteiger partial charge >= 0.3 is 0 Å². The lowest BCUT2D eigenvalue weighted by Crippen LogP contribution is -2.31. The lowest BCUT2D eigenvalue weighted by atomic mass is 10.1. The monoisotopic (exact) mass is 416 g/mol. The Hall–Kier alpha value is -2.34. The van der Waals surface area contributed by atoms with E-state index in [2.05, 4.69) is 21.2 Å². The summed E-state index contributed by atoms with van der Waals surface area (Å²) in [6.45, 7) is 2.64. The molecule has 0 aromatic heterocycles. The molecule has 0 saturated carbocycles. The van der Waals surface area contributed by atoms with Gasteiger partial charge < -0.3 is 15.0 Å². The average molecular weight is 417 g/mol. The van der Waals surface area contributed by atoms with Crippen LogP contribution in [0, 0.1) is 0 Å². The molecule has 1 saturated heterocycles. The number of anilines is 1. The molecule has 136 valence electrons. The Morgan fingerprint density at radius 1 is 1.19 bits per heavy atom. The number of hydrogen-bond acceptors (Lipinski definition) is 3. The van der Waals surface area contributed by atoms with Crippen molar-refractivity contribution >= 4 is 33.4 Å². The van der Waals surface area contributed by atoms with Crippen LogP contribution < -0.4 is 15.0 Å². The topological polar surface area (TPSA) is 58.6 Å². The molecule has 2 amide bonds. The number of halogens is 1. The summed E-state index contributed by atoms with van der Waals surface area (Å²) >= 11 is 3.40. The van der Waals surface area contributed by atoms with Crippen molar-refractivity contribution in [2.45, 2.75) is 25.8 Å². The summed E-state index contributed by atoms with van der Waals surface area (Å²) in [5, 5.41) is 2.92. The van der Waals surface area contributed by atoms with Crippen LogP contribution in [0.4, 0.5) is 5.69 Å². The van der Waals surface area contributed by atoms with Crippen LogP contribution in [-0.2, 0) is 9.59 Å². The third-order valence-corrected chi connectivity index (χ3v) is 4.87. The van der Waals surface area contributed by atoms with Gasteiger partial charge in [-0.3, -0.25) is 9.59 Å². The number of amides is 2. The fourth-order valence-corrected chi connectivity index (χ4v) is 3.17. The van der Waals surface area contributed by atoms with Gasteiger partial charge in [-0.2, -0.15) is 0 Å². The first-order valence-corrected chi connectivity index (χ1v) is 9.40. The predicted octanol–water partition coefficient (Wildman–Crippen LogP) is 3.83. The molecule has 1 aliphatic heterocycles. The molecular weight excluding hydrogens is 396 g/mol. The molecule has 2 aromatic rings. The fourth-order valence-electron chi connectivity index (χ4n) is 2.91. The van der Waals surface area contributed by atoms with Gasteiger partial charge in [0.25, 0.3) is 5.91 Å². The minimum atomic E-state index is -0.181. The Morgan fingerprint density at radius 2 is 1.88 bits per heavy atom. The third-order valence-electron chi connectivity index (χ3n) is 4.34. The zero-order valence-electron chi connectivity index (χ0n) is 14.6. The highest BCUT2D eigenvalue weighted by Crippen LogP contribution is 2.24. The van der Waals surface area contributed by atoms with E-state index in [0.29, 0.717) is 12.2 Å². The van der Waals surface area contributed by atoms with Crippen LogP contribution in [0.1, 0.15) is 31.4 Å². The smallest absolute Gasteiger partial charge is 0.258 e. The number of rotatable bonds is 6. The molecule has 0 radical (unpaired) electrons. The van der Waals surface area contributed by atoms with Crippen molar-refractivity contribution in [3.05, 3.63) is 58.6 Å². The van der Waals surface area contributed by atoms with Crippen molar-refractivity contribution in [1.82, 2.24) is 5.32 Å². The molecule has 0 bridgehead atoms. The van der Waals surface area contributed by atoms with Crippen molar-refractivity contribution in [2.75, 3.05) is 18.1 Å². The highest BCUT2D eigenvalue weighted by Gasteiger charge is 2.21. The van der Waals surface area contributed by atoms with E-state index >= 15 is 0 Å². The standard InChI is InChI=1S/C20H21BrN2O3/c1-14(15-4-6-16(21)7-5-15)22-19(24)13-26-18-10-8-17(9-11-18)23-12-2-3-20(23)25/h4-11,14H,2-3,12-13H2,1H3,(H,22,24). The second-order valence-corrected chi connectivity index (χ2v) is 7.19. The van der Waals surface area contributed by atoms with E-state index in [4.69, 9.17) is 4.74 Å². The summed E-state index contributed by atoms with van der Waals surface area (Å²) in [6.07, 6.45) is 1.50. The Morgan fingerprint density at radius 3 is 2.50 bits per heavy atom. The summed E-state index contributed by atoms with van der Waals surface area (Å²) in [6, 6.07) is 15.0. The molecule has 1 heterocycles. The molecule has 1 aliphatic rings. The largest absolute Gasteiger partial charge is 0.484 e. The summed E-state index contributed by atoms with van der Waals surface area (Å²) in [7, 11) is 0. The molecule has 5 nitrogen and oxygen atoms in total. The highest BCUT2D eigenvalue weighted by molar-refractivity contribution is 9.10. The Kier molecular flexibility index (Phi) is 5.93. The molecule has 0 spiro atoms. The van der Waals surface area contributed by atoms with Crippen molar-refractivity contribution in [1.29, 1.82) is 0 Å². The maximum absolute atomic E-state index is 12.1. The van der Waals surface area contributed by atoms with Gasteiger partial charge in [0.15, 0.2) is 6.61 Å². The van der Waals surface area contributed by atoms with Gasteiger partial charge in [-0.15, -0.1) is 0 Å². The molecule has 3 rings (SSSR count). The molecule has 1 unspecified atom stereocenters. The van der Waals surface area contributed by atoms with Crippen LogP contribution in [0.3, 0.4) is 0 Å². The van der Waals surface area contributed by atoms with Crippen LogP contribution >= 0.6 is 15.9 Å². The summed E-state index contributed by atoms with van der Waals surface area (Å²) in [4.78, 5) is 25.6. The molecule has 1 fully saturated rings. The van der Waals surface area contributed by atoms with Gasteiger partial charge in [0.05, 0.1) is 6.04 Å². The SMILES string of the molecule is CC(NC(=O)COc1ccc(N2CCCC2=O)cc1)c1ccc(Br)cc1. The third kappa shape index (κ3) is 4.64. The maximum Gasteiger partial charge on any atom is 0.258 e. The van der Waals surface area contributed by atoms with Gasteiger partial charge in [-0.1, -0.05) is 28.1 Å². The first kappa shape index (κ1) is 18.5. The number of carbonyl (C=O) groups is 2. The Bertz CT molecular complexity index is 775. The van der Waals surface area contributed by atoms with Gasteiger partial charge in [-0.25, -0.2) is 0 Å². The van der Waals surface area contributed by atoms with Crippen LogP contribution in [0.2, 0.25) is 0 Å². The molecule has 6 heteroatoms. The molecule has 0 aliphatic carbocycles. The lowest BCUT2D eigenvalue weighted by Gasteiger charge is -2.17. The zero-order valence-corrected chi connectivity index (χ0v) is 16.2. The van der Waals surface area contributed by atoms with E-state index in [1.165, 1.54) is 0 Å². The number of benzene rings is 2. The van der Waals surface area contributed by atoms with E-state index < -0.39 is 0 Å². The Balaban J connectivity index is 1.49. The number of carbonyl (C=O) groups excluding carboxylic acids is 2. The van der Waals surface area contributed by atoms with E-state index in [1.54, 1.807) is 17.0 Å². The first-order chi connectivity index (χ1) is 12.5. The summed E-state index contributed by atoms with van der Waals surface area (Å²) in [5.74, 6) is 0.575. The van der Waals surface area contributed by atoms with Gasteiger partial charge in [0.1, 0.15) is 5.75 Å². The zero-order chi connectivity index (χ0) is 18.5. The minimum Gasteiger partial charge on any atom is -0.484 e. The normalized spacial score (nSPS) is 15.0. The van der Waals surface area contributed by atoms with E-state index in [-0.39, 0.29) is 24.5 Å². The van der Waals surface area contributed by atoms with E-state index in [9.17, 15) is 9.59 Å². The fraction of sp³-hybridized carbons (Fsp3) is 0.300. The number of ether oxygens (including phenoxy) is 1. The van der Waals surface area contributed by atoms with Crippen LogP contribution in [-0.4, -0.2) is 25.0 Å². The summed E-state index contributed by atoms with van der Waals surface area (Å²) in [5.41, 5.74) is 1.90. The average Bonchev–Trinajstić information content (AvgIpc) is 3.07. The predicted molar refractivity (Wildman–Crippen MR) is 104 cm³/mol. The minimum absolute atomic E-state index is 0.0527. The lowest BCUT2D eigenvalue weighted by molar-refractivity contribution is -0.123. The summed E-state index contributed by atoms with van der Waals surface area (Å²) < 4.78 is 6.55. The first-order valence-electron chi connectivity index (χ1n) is 8.61. The number of hydrogen-bond donors (Lipinski definition) is 1. The van der Waals surface area contributed by atoms with Gasteiger partial charge in [0.2, 0.25) is 5.91 Å². The molecule has 26 heavy (non-hydrogen) atoms. The number of nitrogens with zero attached hydrogens (tertiary/aromatic N) is 1. The van der Waals surface area contributed by atoms with Crippen LogP contribution in [0.25, 0.3) is 0 Å². The van der Waals surface area contributed by atoms with Crippen LogP contribution in [0.15, 0.2) is 53.0 Å². The van der Waals surface area contributed by atoms with Crippen molar-refractivity contribution in [2.24, 2.45) is 0 Å². The second-order valence-electron chi connectivity index (χ2n) is 6.27. The molecule has 2 aromatic carbocycles. The van der Waals surface area contributed by atoms with Crippen LogP contribution in [0.5, 0.6) is 5.75 Å². The van der Waals surface area contributed by atoms with Crippen molar-refractivity contribution in [3.63, 3.8) is 0 Å². The highest BCUT2D eigenvalue weighted by atomic mass is 79.9. The Labute approximate surface area is 161 Å². The van der Waals surface area contributed by atoms with Gasteiger partial charge in [-0.05, 0) is 55.3 Å². The molecule has 1 N–H and O–H groups in total. The van der Waals surface area contributed by atoms with Crippen molar-refractivity contribution in [3.8, 4) is 5.75 Å². The van der Waals surface area contributed by atoms with Gasteiger partial charge in [0, 0.05) is 23.1 Å². The molecular formula is C20H21BrN2O3. The van der Waals surface area contributed by atoms with Crippen molar-refractivity contribution < 1.29 is 14.3 Å².